The molecular weight excluding hydrogens is 523 g/mol. The summed E-state index contributed by atoms with van der Waals surface area (Å²) in [5.74, 6) is -11.2. The molecule has 0 saturated carbocycles. The number of hydrogen-bond donors (Lipinski definition) is 2. The number of halogens is 11. The smallest absolute Gasteiger partial charge is 0.412 e. The average molecular weight is 535 g/mol. The Morgan fingerprint density at radius 1 is 0.909 bits per heavy atom. The molecule has 0 fully saturated rings. The van der Waals surface area contributed by atoms with Crippen molar-refractivity contribution >= 4 is 22.0 Å². The van der Waals surface area contributed by atoms with Crippen LogP contribution >= 0.6 is 0 Å². The van der Waals surface area contributed by atoms with Gasteiger partial charge in [-0.25, -0.2) is 4.79 Å². The lowest BCUT2D eigenvalue weighted by Gasteiger charge is -2.33. The molecular formula is C13H12F11NO7S. The van der Waals surface area contributed by atoms with E-state index in [1.54, 1.807) is 0 Å². The van der Waals surface area contributed by atoms with E-state index in [9.17, 15) is 66.3 Å². The van der Waals surface area contributed by atoms with Crippen molar-refractivity contribution in [1.82, 2.24) is 5.32 Å². The first kappa shape index (κ1) is 30.8. The molecule has 1 atom stereocenters. The normalized spacial score (nSPS) is 15.5. The average Bonchev–Trinajstić information content (AvgIpc) is 2.55. The molecule has 1 amide bonds. The molecule has 0 radical (unpaired) electrons. The van der Waals surface area contributed by atoms with E-state index in [2.05, 4.69) is 16.1 Å². The van der Waals surface area contributed by atoms with Gasteiger partial charge in [-0.2, -0.15) is 56.7 Å². The number of carbonyl (C=O) groups excluding carboxylic acids is 2. The van der Waals surface area contributed by atoms with Crippen molar-refractivity contribution in [1.29, 1.82) is 0 Å². The van der Waals surface area contributed by atoms with E-state index in [-0.39, 0.29) is 0 Å². The first-order valence-corrected chi connectivity index (χ1v) is 9.21. The third kappa shape index (κ3) is 8.57. The lowest BCUT2D eigenvalue weighted by atomic mass is 10.2. The first-order valence-electron chi connectivity index (χ1n) is 7.77. The van der Waals surface area contributed by atoms with Crippen molar-refractivity contribution in [3.8, 4) is 0 Å². The number of alkyl halides is 11. The van der Waals surface area contributed by atoms with Crippen molar-refractivity contribution < 1.29 is 80.3 Å². The van der Waals surface area contributed by atoms with Crippen LogP contribution in [0.1, 0.15) is 12.8 Å². The SMILES string of the molecule is C=C(C(=O)OC(OCCC(F)(F)S(=O)(=O)O)(C(=O)NCCC(F)(F)F)C(F)(F)F)C(F)(F)F. The highest BCUT2D eigenvalue weighted by atomic mass is 32.2. The maximum Gasteiger partial charge on any atom is 0.466 e. The summed E-state index contributed by atoms with van der Waals surface area (Å²) in [6.45, 7) is -1.83. The Morgan fingerprint density at radius 2 is 1.39 bits per heavy atom. The van der Waals surface area contributed by atoms with Crippen molar-refractivity contribution in [2.75, 3.05) is 13.2 Å². The van der Waals surface area contributed by atoms with E-state index in [1.165, 1.54) is 0 Å². The lowest BCUT2D eigenvalue weighted by Crippen LogP contribution is -2.62. The summed E-state index contributed by atoms with van der Waals surface area (Å²) in [7, 11) is -6.25. The molecule has 0 heterocycles. The van der Waals surface area contributed by atoms with E-state index in [1.807, 2.05) is 0 Å². The summed E-state index contributed by atoms with van der Waals surface area (Å²) in [6, 6.07) is 0. The summed E-state index contributed by atoms with van der Waals surface area (Å²) < 4.78 is 177. The molecule has 0 saturated heterocycles. The minimum atomic E-state index is -6.41. The summed E-state index contributed by atoms with van der Waals surface area (Å²) in [5.41, 5.74) is -2.66. The van der Waals surface area contributed by atoms with Gasteiger partial charge in [0.1, 0.15) is 5.57 Å². The molecule has 20 heteroatoms. The molecule has 1 unspecified atom stereocenters. The second-order valence-electron chi connectivity index (χ2n) is 5.81. The van der Waals surface area contributed by atoms with Gasteiger partial charge in [-0.3, -0.25) is 9.35 Å². The third-order valence-corrected chi connectivity index (χ3v) is 4.23. The molecule has 2 N–H and O–H groups in total. The van der Waals surface area contributed by atoms with E-state index in [0.29, 0.717) is 0 Å². The number of carbonyl (C=O) groups is 2. The van der Waals surface area contributed by atoms with Gasteiger partial charge in [0.05, 0.1) is 19.4 Å². The quantitative estimate of drug-likeness (QED) is 0.145. The minimum absolute atomic E-state index is 0.900. The van der Waals surface area contributed by atoms with Crippen molar-refractivity contribution in [2.45, 2.75) is 42.4 Å². The largest absolute Gasteiger partial charge is 0.466 e. The second kappa shape index (κ2) is 9.95. The molecule has 0 aromatic heterocycles. The molecule has 194 valence electrons. The van der Waals surface area contributed by atoms with Crippen LogP contribution in [0.25, 0.3) is 0 Å². The Hall–Kier alpha value is -2.22. The first-order chi connectivity index (χ1) is 14.4. The van der Waals surface area contributed by atoms with Crippen molar-refractivity contribution in [3.63, 3.8) is 0 Å². The maximum absolute atomic E-state index is 13.5. The van der Waals surface area contributed by atoms with Crippen LogP contribution < -0.4 is 5.32 Å². The zero-order valence-corrected chi connectivity index (χ0v) is 16.3. The van der Waals surface area contributed by atoms with Gasteiger partial charge in [0.2, 0.25) is 0 Å². The number of rotatable bonds is 10. The minimum Gasteiger partial charge on any atom is -0.412 e. The van der Waals surface area contributed by atoms with Crippen LogP contribution in [0.5, 0.6) is 0 Å². The van der Waals surface area contributed by atoms with Gasteiger partial charge < -0.3 is 14.8 Å². The van der Waals surface area contributed by atoms with Crippen molar-refractivity contribution in [3.05, 3.63) is 12.2 Å². The molecule has 33 heavy (non-hydrogen) atoms. The summed E-state index contributed by atoms with van der Waals surface area (Å²) >= 11 is 0. The summed E-state index contributed by atoms with van der Waals surface area (Å²) in [4.78, 5) is 23.3. The molecule has 0 aliphatic heterocycles. The Labute approximate surface area is 176 Å². The van der Waals surface area contributed by atoms with Gasteiger partial charge in [0.15, 0.2) is 0 Å². The Bertz CT molecular complexity index is 848. The van der Waals surface area contributed by atoms with Gasteiger partial charge in [-0.15, -0.1) is 0 Å². The van der Waals surface area contributed by atoms with Gasteiger partial charge in [-0.05, 0) is 0 Å². The van der Waals surface area contributed by atoms with Crippen LogP contribution in [0.4, 0.5) is 48.3 Å². The molecule has 0 aromatic rings. The Morgan fingerprint density at radius 3 is 1.76 bits per heavy atom. The van der Waals surface area contributed by atoms with Crippen LogP contribution in [0.2, 0.25) is 0 Å². The topological polar surface area (TPSA) is 119 Å². The fraction of sp³-hybridized carbons (Fsp3) is 0.692. The molecule has 0 rings (SSSR count). The molecule has 0 aliphatic carbocycles. The Balaban J connectivity index is 6.13. The number of esters is 1. The van der Waals surface area contributed by atoms with Crippen molar-refractivity contribution in [2.24, 2.45) is 0 Å². The third-order valence-electron chi connectivity index (χ3n) is 3.27. The molecule has 8 nitrogen and oxygen atoms in total. The van der Waals surface area contributed by atoms with Crippen LogP contribution in [0.3, 0.4) is 0 Å². The van der Waals surface area contributed by atoms with Crippen LogP contribution in [-0.4, -0.2) is 67.6 Å². The Kier molecular flexibility index (Phi) is 9.28. The maximum atomic E-state index is 13.5. The fourth-order valence-electron chi connectivity index (χ4n) is 1.59. The van der Waals surface area contributed by atoms with E-state index in [4.69, 9.17) is 4.55 Å². The molecule has 0 bridgehead atoms. The zero-order chi connectivity index (χ0) is 26.7. The van der Waals surface area contributed by atoms with Gasteiger partial charge >= 0.3 is 51.6 Å². The van der Waals surface area contributed by atoms with Crippen LogP contribution in [0, 0.1) is 0 Å². The highest BCUT2D eigenvalue weighted by Gasteiger charge is 2.67. The monoisotopic (exact) mass is 535 g/mol. The molecule has 0 aromatic carbocycles. The van der Waals surface area contributed by atoms with E-state index >= 15 is 0 Å². The fourth-order valence-corrected chi connectivity index (χ4v) is 1.94. The number of amides is 1. The zero-order valence-electron chi connectivity index (χ0n) is 15.5. The second-order valence-corrected chi connectivity index (χ2v) is 7.36. The summed E-state index contributed by atoms with van der Waals surface area (Å²) in [6.07, 6.45) is -21.6. The highest BCUT2D eigenvalue weighted by molar-refractivity contribution is 7.86. The van der Waals surface area contributed by atoms with Crippen LogP contribution in [-0.2, 0) is 29.2 Å². The van der Waals surface area contributed by atoms with Gasteiger partial charge in [0, 0.05) is 6.54 Å². The number of hydrogen-bond acceptors (Lipinski definition) is 6. The van der Waals surface area contributed by atoms with Gasteiger partial charge in [-0.1, -0.05) is 6.58 Å². The number of nitrogens with one attached hydrogen (secondary N) is 1. The van der Waals surface area contributed by atoms with E-state index < -0.39 is 83.1 Å². The van der Waals surface area contributed by atoms with Gasteiger partial charge in [0.25, 0.3) is 0 Å². The van der Waals surface area contributed by atoms with Crippen LogP contribution in [0.15, 0.2) is 12.2 Å². The molecule has 0 spiro atoms. The van der Waals surface area contributed by atoms with E-state index in [0.717, 1.165) is 5.32 Å². The highest BCUT2D eigenvalue weighted by Crippen LogP contribution is 2.38. The summed E-state index contributed by atoms with van der Waals surface area (Å²) in [5, 5.41) is -4.31. The predicted molar refractivity (Wildman–Crippen MR) is 80.8 cm³/mol. The standard InChI is InChI=1S/C13H12F11NO7S/c1-6(12(19,20)21)7(26)32-11(13(22,23)24,8(27)25-4-2-9(14,15)16)31-5-3-10(17,18)33(28,29)30/h1-5H2,(H,25,27)(H,28,29,30). The number of ether oxygens (including phenoxy) is 2. The lowest BCUT2D eigenvalue weighted by molar-refractivity contribution is -0.348. The predicted octanol–water partition coefficient (Wildman–Crippen LogP) is 2.86. The molecule has 0 aliphatic rings.